The molecule has 0 aromatic carbocycles. The van der Waals surface area contributed by atoms with E-state index in [0.29, 0.717) is 51.4 Å². The summed E-state index contributed by atoms with van der Waals surface area (Å²) >= 11 is 0. The van der Waals surface area contributed by atoms with Gasteiger partial charge in [-0.3, -0.25) is 4.79 Å². The Balaban J connectivity index is 0.807. The standard InChI is InChI=1S/C88H138O37/c1-15-83(10,108)25-17-19-40(3)71(105)110-38-50-58(97)68(120-72(106)41(4)20-18-26-84(11,109)16-2)70(124-76-64(103)60(99)66(42(5)116-76)121-75-65(104)67(48(92)37-113-75)122-73-61(100)54(93)45(89)34-111-73)79(118-50)125-80(107)88-31-29-81(6,7)33-44(88)43-21-22-52-85(12)27-24-53(82(8,9)51(85)23-28-87(52,14)86(43,13)30-32-88)119-77-63(102)59(98)57(96)49(117-77)39-115-78-69(56(95)47(91)36-114-78)123-74-62(101)55(94)46(90)35-112-74/h15-16,19-21,42,44-70,73-79,89-104,108-109H,1-2,17-18,22-39H2,3-14H3/b40-19+,41-20+/t42-,44-,45+,46+,47-,48+,49+,50+,51-,52+,53-,54-,55-,56-,57+,58+,59-,60-,61+,62+,63+,64+,65+,66-,67-,68-,69+,70+,73-,74-,75-,76-,77-,78-,79-,83-,84+,85-,86+,87+,88-/m0/s1. The first-order valence-corrected chi connectivity index (χ1v) is 44.1. The van der Waals surface area contributed by atoms with Crippen LogP contribution in [0, 0.1) is 50.2 Å². The van der Waals surface area contributed by atoms with Gasteiger partial charge in [0, 0.05) is 11.1 Å². The Bertz CT molecular complexity index is 3800. The molecule has 12 rings (SSSR count). The zero-order chi connectivity index (χ0) is 91.7. The van der Waals surface area contributed by atoms with Crippen molar-refractivity contribution in [2.75, 3.05) is 39.6 Å². The Labute approximate surface area is 728 Å². The number of rotatable bonds is 28. The van der Waals surface area contributed by atoms with Gasteiger partial charge < -0.3 is 168 Å². The summed E-state index contributed by atoms with van der Waals surface area (Å²) in [6, 6.07) is 0. The third-order valence-corrected chi connectivity index (χ3v) is 30.3. The lowest BCUT2D eigenvalue weighted by molar-refractivity contribution is -0.379. The van der Waals surface area contributed by atoms with Gasteiger partial charge in [-0.1, -0.05) is 84.4 Å². The van der Waals surface area contributed by atoms with Crippen LogP contribution in [-0.2, 0) is 90.2 Å². The highest BCUT2D eigenvalue weighted by molar-refractivity contribution is 5.88. The van der Waals surface area contributed by atoms with Crippen molar-refractivity contribution in [2.45, 2.75) is 381 Å². The van der Waals surface area contributed by atoms with Gasteiger partial charge in [-0.05, 0) is 169 Å². The summed E-state index contributed by atoms with van der Waals surface area (Å²) in [7, 11) is 0. The number of hydrogen-bond donors (Lipinski definition) is 18. The molecule has 5 aliphatic carbocycles. The maximum Gasteiger partial charge on any atom is 0.333 e. The SMILES string of the molecule is C=C[C@](C)(O)CC/C=C(\C)C(=O)OC[C@H]1O[C@@H](OC(=O)[C@]23CCC(C)(C)C[C@H]2C2=CC[C@@H]4[C@@]5(C)CC[C@H](O[C@@H]6O[C@H](CO[C@@H]7OC[C@H](O)[C@H](O)[C@H]7O[C@@H]7OC[C@@H](O)[C@H](O)[C@H]7O)[C@@H](O)[C@H](O)[C@H]6O)C(C)(C)[C@@H]5CC[C@@]4(C)[C@]2(C)CC3)[C@H](O[C@@H]2O[C@@H](C)[C@H](O[C@@H]3OC[C@@H](O)[C@H](O[C@@H]4OC[C@@H](O)[C@H](O)[C@H]4O)[C@H]3O)[C@@H](O)[C@H]2O)[C@@H](OC(=O)/C(C)=C/CC[C@](C)(O)C=C)[C@@H]1O. The first-order chi connectivity index (χ1) is 58.5. The predicted octanol–water partition coefficient (Wildman–Crippen LogP) is -0.550. The summed E-state index contributed by atoms with van der Waals surface area (Å²) in [5.41, 5.74) is -4.94. The summed E-state index contributed by atoms with van der Waals surface area (Å²) < 4.78 is 97.5. The number of carbonyl (C=O) groups is 3. The minimum Gasteiger partial charge on any atom is -0.459 e. The minimum atomic E-state index is -2.15. The highest BCUT2D eigenvalue weighted by atomic mass is 16.8. The molecule has 125 heavy (non-hydrogen) atoms. The molecule has 712 valence electrons. The Morgan fingerprint density at radius 3 is 1.59 bits per heavy atom. The lowest BCUT2D eigenvalue weighted by Gasteiger charge is -2.71. The summed E-state index contributed by atoms with van der Waals surface area (Å²) in [6.45, 7) is 27.2. The van der Waals surface area contributed by atoms with Crippen LogP contribution in [0.1, 0.15) is 173 Å². The molecule has 7 heterocycles. The summed E-state index contributed by atoms with van der Waals surface area (Å²) in [5.74, 6) is -3.05. The van der Waals surface area contributed by atoms with Crippen molar-refractivity contribution in [1.29, 1.82) is 0 Å². The van der Waals surface area contributed by atoms with Crippen molar-refractivity contribution in [3.05, 3.63) is 60.3 Å². The largest absolute Gasteiger partial charge is 0.459 e. The molecule has 0 aromatic heterocycles. The molecule has 0 amide bonds. The van der Waals surface area contributed by atoms with Crippen LogP contribution in [-0.4, -0.2) is 357 Å². The van der Waals surface area contributed by atoms with Crippen molar-refractivity contribution in [3.63, 3.8) is 0 Å². The number of hydrogen-bond acceptors (Lipinski definition) is 37. The van der Waals surface area contributed by atoms with E-state index in [0.717, 1.165) is 18.4 Å². The molecule has 0 spiro atoms. The first-order valence-electron chi connectivity index (χ1n) is 44.1. The first kappa shape index (κ1) is 99.9. The van der Waals surface area contributed by atoms with Gasteiger partial charge in [0.25, 0.3) is 0 Å². The third-order valence-electron chi connectivity index (χ3n) is 30.3. The van der Waals surface area contributed by atoms with Crippen molar-refractivity contribution in [1.82, 2.24) is 0 Å². The van der Waals surface area contributed by atoms with E-state index in [1.54, 1.807) is 13.0 Å². The second-order valence-corrected chi connectivity index (χ2v) is 39.7. The second kappa shape index (κ2) is 39.2. The third kappa shape index (κ3) is 20.2. The normalized spacial score (nSPS) is 47.4. The van der Waals surface area contributed by atoms with Gasteiger partial charge in [-0.25, -0.2) is 9.59 Å². The van der Waals surface area contributed by atoms with E-state index in [1.807, 2.05) is 0 Å². The molecule has 7 aliphatic heterocycles. The van der Waals surface area contributed by atoms with Crippen LogP contribution in [0.2, 0.25) is 0 Å². The highest BCUT2D eigenvalue weighted by Gasteiger charge is 2.71. The minimum absolute atomic E-state index is 0.00231. The number of ether oxygens (including phenoxy) is 16. The molecule has 0 aromatic rings. The number of allylic oxidation sites excluding steroid dienone is 4. The molecule has 7 saturated heterocycles. The van der Waals surface area contributed by atoms with E-state index in [9.17, 15) is 102 Å². The van der Waals surface area contributed by atoms with Gasteiger partial charge in [0.05, 0.1) is 61.9 Å². The summed E-state index contributed by atoms with van der Waals surface area (Å²) in [5, 5.41) is 199. The molecule has 41 atom stereocenters. The van der Waals surface area contributed by atoms with E-state index in [4.69, 9.17) is 75.8 Å². The van der Waals surface area contributed by atoms with Crippen molar-refractivity contribution in [3.8, 4) is 0 Å². The fourth-order valence-corrected chi connectivity index (χ4v) is 21.8. The van der Waals surface area contributed by atoms with E-state index in [-0.39, 0.29) is 59.5 Å². The molecule has 37 heteroatoms. The van der Waals surface area contributed by atoms with Crippen LogP contribution in [0.4, 0.5) is 0 Å². The second-order valence-electron chi connectivity index (χ2n) is 39.7. The lowest BCUT2D eigenvalue weighted by Crippen LogP contribution is -2.67. The topological polar surface area (TPSA) is 563 Å². The number of aliphatic hydroxyl groups excluding tert-OH is 16. The monoisotopic (exact) mass is 1790 g/mol. The van der Waals surface area contributed by atoms with E-state index < -0.39 is 293 Å². The molecule has 4 saturated carbocycles. The maximum atomic E-state index is 16.5. The summed E-state index contributed by atoms with van der Waals surface area (Å²) in [4.78, 5) is 45.2. The van der Waals surface area contributed by atoms with Gasteiger partial charge in [-0.2, -0.15) is 0 Å². The number of fused-ring (bicyclic) bond motifs is 7. The molecule has 0 radical (unpaired) electrons. The highest BCUT2D eigenvalue weighted by Crippen LogP contribution is 2.76. The average Bonchev–Trinajstić information content (AvgIpc) is 0.673. The molecule has 0 bridgehead atoms. The molecule has 18 N–H and O–H groups in total. The molecule has 0 unspecified atom stereocenters. The Kier molecular flexibility index (Phi) is 31.3. The van der Waals surface area contributed by atoms with Crippen LogP contribution in [0.15, 0.2) is 60.3 Å². The number of esters is 3. The van der Waals surface area contributed by atoms with E-state index >= 15 is 4.79 Å². The Morgan fingerprint density at radius 2 is 0.984 bits per heavy atom. The number of aliphatic hydroxyl groups is 18. The van der Waals surface area contributed by atoms with Crippen LogP contribution in [0.25, 0.3) is 0 Å². The Morgan fingerprint density at radius 1 is 0.480 bits per heavy atom. The molecular weight excluding hydrogens is 1650 g/mol. The zero-order valence-corrected chi connectivity index (χ0v) is 73.5. The van der Waals surface area contributed by atoms with Crippen LogP contribution in [0.5, 0.6) is 0 Å². The fourth-order valence-electron chi connectivity index (χ4n) is 21.8. The van der Waals surface area contributed by atoms with Crippen LogP contribution < -0.4 is 0 Å². The van der Waals surface area contributed by atoms with Gasteiger partial charge in [0.15, 0.2) is 49.9 Å². The van der Waals surface area contributed by atoms with E-state index in [1.165, 1.54) is 45.9 Å². The fraction of sp³-hybridized carbons (Fsp3) is 0.852. The lowest BCUT2D eigenvalue weighted by atomic mass is 9.33. The average molecular weight is 1790 g/mol. The molecule has 37 nitrogen and oxygen atoms in total. The van der Waals surface area contributed by atoms with Crippen LogP contribution in [0.3, 0.4) is 0 Å². The molecule has 12 aliphatic rings. The van der Waals surface area contributed by atoms with Gasteiger partial charge >= 0.3 is 17.9 Å². The maximum absolute atomic E-state index is 16.5. The zero-order valence-electron chi connectivity index (χ0n) is 73.5. The van der Waals surface area contributed by atoms with Gasteiger partial charge in [-0.15, -0.1) is 13.2 Å². The smallest absolute Gasteiger partial charge is 0.333 e. The quantitative estimate of drug-likeness (QED) is 0.0154. The molecular formula is C88H138O37. The number of carbonyl (C=O) groups excluding carboxylic acids is 3. The molecule has 11 fully saturated rings. The van der Waals surface area contributed by atoms with Crippen molar-refractivity contribution in [2.24, 2.45) is 50.2 Å². The van der Waals surface area contributed by atoms with Gasteiger partial charge in [0.2, 0.25) is 6.29 Å². The Hall–Kier alpha value is -4.13. The van der Waals surface area contributed by atoms with Crippen molar-refractivity contribution < 1.29 is 182 Å². The summed E-state index contributed by atoms with van der Waals surface area (Å²) in [6.07, 6.45) is -39.6. The van der Waals surface area contributed by atoms with Crippen molar-refractivity contribution >= 4 is 17.9 Å². The van der Waals surface area contributed by atoms with Gasteiger partial charge in [0.1, 0.15) is 135 Å². The van der Waals surface area contributed by atoms with E-state index in [2.05, 4.69) is 67.7 Å². The predicted molar refractivity (Wildman–Crippen MR) is 431 cm³/mol. The van der Waals surface area contributed by atoms with Crippen LogP contribution >= 0.6 is 0 Å².